The van der Waals surface area contributed by atoms with Crippen molar-refractivity contribution in [1.82, 2.24) is 5.32 Å². The van der Waals surface area contributed by atoms with Crippen molar-refractivity contribution in [3.63, 3.8) is 0 Å². The number of thiophene rings is 1. The van der Waals surface area contributed by atoms with Crippen molar-refractivity contribution in [2.24, 2.45) is 0 Å². The van der Waals surface area contributed by atoms with Crippen LogP contribution >= 0.6 is 11.3 Å². The summed E-state index contributed by atoms with van der Waals surface area (Å²) in [6.07, 6.45) is 1.83. The zero-order chi connectivity index (χ0) is 18.9. The fraction of sp³-hybridized carbons (Fsp3) is 0.316. The number of carbonyl (C=O) groups excluding carboxylic acids is 3. The molecule has 0 aliphatic carbocycles. The summed E-state index contributed by atoms with van der Waals surface area (Å²) in [5, 5.41) is 7.31. The third-order valence-electron chi connectivity index (χ3n) is 3.56. The van der Waals surface area contributed by atoms with Crippen LogP contribution < -0.4 is 10.6 Å². The van der Waals surface area contributed by atoms with Crippen LogP contribution in [0.15, 0.2) is 41.8 Å². The largest absolute Gasteiger partial charge is 0.452 e. The number of benzene rings is 1. The van der Waals surface area contributed by atoms with E-state index in [2.05, 4.69) is 10.6 Å². The number of ether oxygens (including phenoxy) is 1. The van der Waals surface area contributed by atoms with E-state index in [4.69, 9.17) is 4.74 Å². The lowest BCUT2D eigenvalue weighted by Gasteiger charge is -2.13. The molecule has 0 saturated heterocycles. The Morgan fingerprint density at radius 2 is 2.00 bits per heavy atom. The summed E-state index contributed by atoms with van der Waals surface area (Å²) in [5.41, 5.74) is 0.752. The number of hydrogen-bond acceptors (Lipinski definition) is 5. The molecule has 0 spiro atoms. The quantitative estimate of drug-likeness (QED) is 0.693. The lowest BCUT2D eigenvalue weighted by atomic mass is 10.2. The van der Waals surface area contributed by atoms with Crippen LogP contribution in [-0.2, 0) is 9.53 Å². The van der Waals surface area contributed by atoms with Gasteiger partial charge in [-0.15, -0.1) is 11.3 Å². The Bertz CT molecular complexity index is 759. The van der Waals surface area contributed by atoms with Gasteiger partial charge in [0.15, 0.2) is 6.61 Å². The minimum atomic E-state index is -0.615. The number of anilines is 1. The monoisotopic (exact) mass is 374 g/mol. The van der Waals surface area contributed by atoms with E-state index in [0.717, 1.165) is 12.8 Å². The molecule has 2 amide bonds. The molecule has 0 aliphatic heterocycles. The van der Waals surface area contributed by atoms with Crippen molar-refractivity contribution >= 4 is 34.8 Å². The highest BCUT2D eigenvalue weighted by Gasteiger charge is 2.13. The first-order chi connectivity index (χ1) is 12.5. The second kappa shape index (κ2) is 9.72. The van der Waals surface area contributed by atoms with E-state index in [1.807, 2.05) is 19.2 Å². The molecule has 1 heterocycles. The van der Waals surface area contributed by atoms with Crippen molar-refractivity contribution in [2.45, 2.75) is 32.7 Å². The Morgan fingerprint density at radius 3 is 2.69 bits per heavy atom. The average Bonchev–Trinajstić information content (AvgIpc) is 3.15. The van der Waals surface area contributed by atoms with Crippen molar-refractivity contribution in [3.05, 3.63) is 52.2 Å². The van der Waals surface area contributed by atoms with Crippen molar-refractivity contribution < 1.29 is 19.1 Å². The zero-order valence-electron chi connectivity index (χ0n) is 14.8. The SMILES string of the molecule is CCC[C@@H](C)NC(=O)COC(=O)c1cccc(NC(=O)c2cccs2)c1. The predicted octanol–water partition coefficient (Wildman–Crippen LogP) is 3.46. The Balaban J connectivity index is 1.89. The molecule has 1 aromatic carbocycles. The number of amides is 2. The molecule has 0 fully saturated rings. The van der Waals surface area contributed by atoms with Crippen LogP contribution in [0.4, 0.5) is 5.69 Å². The fourth-order valence-electron chi connectivity index (χ4n) is 2.36. The van der Waals surface area contributed by atoms with Gasteiger partial charge in [-0.05, 0) is 43.0 Å². The molecule has 6 nitrogen and oxygen atoms in total. The molecule has 7 heteroatoms. The van der Waals surface area contributed by atoms with Gasteiger partial charge in [-0.25, -0.2) is 4.79 Å². The highest BCUT2D eigenvalue weighted by atomic mass is 32.1. The minimum Gasteiger partial charge on any atom is -0.452 e. The number of carbonyl (C=O) groups is 3. The van der Waals surface area contributed by atoms with Gasteiger partial charge < -0.3 is 15.4 Å². The van der Waals surface area contributed by atoms with E-state index in [1.54, 1.807) is 30.3 Å². The molecule has 1 aromatic heterocycles. The van der Waals surface area contributed by atoms with Crippen molar-refractivity contribution in [3.8, 4) is 0 Å². The average molecular weight is 374 g/mol. The van der Waals surface area contributed by atoms with Gasteiger partial charge in [0.1, 0.15) is 0 Å². The van der Waals surface area contributed by atoms with Crippen LogP contribution in [0.25, 0.3) is 0 Å². The molecule has 2 N–H and O–H groups in total. The molecular weight excluding hydrogens is 352 g/mol. The third-order valence-corrected chi connectivity index (χ3v) is 4.43. The van der Waals surface area contributed by atoms with Gasteiger partial charge >= 0.3 is 5.97 Å². The van der Waals surface area contributed by atoms with Gasteiger partial charge in [-0.1, -0.05) is 25.5 Å². The van der Waals surface area contributed by atoms with Gasteiger partial charge in [0.2, 0.25) is 0 Å². The van der Waals surface area contributed by atoms with Gasteiger partial charge in [-0.2, -0.15) is 0 Å². The second-order valence-electron chi connectivity index (χ2n) is 5.85. The topological polar surface area (TPSA) is 84.5 Å². The van der Waals surface area contributed by atoms with Crippen LogP contribution in [0, 0.1) is 0 Å². The number of esters is 1. The standard InChI is InChI=1S/C19H22N2O4S/c1-3-6-13(2)20-17(22)12-25-19(24)14-7-4-8-15(11-14)21-18(23)16-9-5-10-26-16/h4-5,7-11,13H,3,6,12H2,1-2H3,(H,20,22)(H,21,23)/t13-/m1/s1. The molecule has 26 heavy (non-hydrogen) atoms. The summed E-state index contributed by atoms with van der Waals surface area (Å²) < 4.78 is 5.04. The summed E-state index contributed by atoms with van der Waals surface area (Å²) in [6.45, 7) is 3.61. The lowest BCUT2D eigenvalue weighted by molar-refractivity contribution is -0.124. The highest BCUT2D eigenvalue weighted by molar-refractivity contribution is 7.12. The Morgan fingerprint density at radius 1 is 1.19 bits per heavy atom. The summed E-state index contributed by atoms with van der Waals surface area (Å²) in [6, 6.07) is 9.97. The fourth-order valence-corrected chi connectivity index (χ4v) is 2.98. The van der Waals surface area contributed by atoms with Crippen LogP contribution in [0.2, 0.25) is 0 Å². The molecular formula is C19H22N2O4S. The zero-order valence-corrected chi connectivity index (χ0v) is 15.6. The first-order valence-electron chi connectivity index (χ1n) is 8.41. The summed E-state index contributed by atoms with van der Waals surface area (Å²) in [7, 11) is 0. The van der Waals surface area contributed by atoms with Crippen LogP contribution in [0.3, 0.4) is 0 Å². The molecule has 1 atom stereocenters. The van der Waals surface area contributed by atoms with E-state index in [1.165, 1.54) is 17.4 Å². The van der Waals surface area contributed by atoms with Gasteiger partial charge in [0.05, 0.1) is 10.4 Å². The van der Waals surface area contributed by atoms with E-state index in [-0.39, 0.29) is 30.0 Å². The molecule has 0 radical (unpaired) electrons. The number of hydrogen-bond donors (Lipinski definition) is 2. The predicted molar refractivity (Wildman–Crippen MR) is 102 cm³/mol. The maximum atomic E-state index is 12.1. The first-order valence-corrected chi connectivity index (χ1v) is 9.29. The van der Waals surface area contributed by atoms with E-state index < -0.39 is 5.97 Å². The molecule has 2 rings (SSSR count). The van der Waals surface area contributed by atoms with Crippen LogP contribution in [0.1, 0.15) is 46.7 Å². The maximum Gasteiger partial charge on any atom is 0.338 e. The molecule has 0 bridgehead atoms. The van der Waals surface area contributed by atoms with E-state index in [0.29, 0.717) is 10.6 Å². The van der Waals surface area contributed by atoms with Gasteiger partial charge in [0, 0.05) is 11.7 Å². The van der Waals surface area contributed by atoms with Gasteiger partial charge in [0.25, 0.3) is 11.8 Å². The molecule has 2 aromatic rings. The van der Waals surface area contributed by atoms with E-state index >= 15 is 0 Å². The third kappa shape index (κ3) is 6.00. The van der Waals surface area contributed by atoms with Crippen molar-refractivity contribution in [2.75, 3.05) is 11.9 Å². The summed E-state index contributed by atoms with van der Waals surface area (Å²) in [4.78, 5) is 36.5. The second-order valence-corrected chi connectivity index (χ2v) is 6.79. The normalized spacial score (nSPS) is 11.5. The molecule has 0 aliphatic rings. The lowest BCUT2D eigenvalue weighted by Crippen LogP contribution is -2.35. The smallest absolute Gasteiger partial charge is 0.338 e. The number of rotatable bonds is 8. The highest BCUT2D eigenvalue weighted by Crippen LogP contribution is 2.15. The van der Waals surface area contributed by atoms with Crippen LogP contribution in [-0.4, -0.2) is 30.4 Å². The summed E-state index contributed by atoms with van der Waals surface area (Å²) in [5.74, 6) is -1.19. The molecule has 0 unspecified atom stereocenters. The van der Waals surface area contributed by atoms with Crippen molar-refractivity contribution in [1.29, 1.82) is 0 Å². The van der Waals surface area contributed by atoms with E-state index in [9.17, 15) is 14.4 Å². The minimum absolute atomic E-state index is 0.0435. The first kappa shape index (κ1) is 19.7. The van der Waals surface area contributed by atoms with Gasteiger partial charge in [-0.3, -0.25) is 9.59 Å². The van der Waals surface area contributed by atoms with Crippen LogP contribution in [0.5, 0.6) is 0 Å². The number of nitrogens with one attached hydrogen (secondary N) is 2. The Hall–Kier alpha value is -2.67. The summed E-state index contributed by atoms with van der Waals surface area (Å²) >= 11 is 1.33. The Kier molecular flexibility index (Phi) is 7.35. The maximum absolute atomic E-state index is 12.1. The molecule has 0 saturated carbocycles. The molecule has 138 valence electrons. The Labute approximate surface area is 156 Å².